The van der Waals surface area contributed by atoms with Crippen LogP contribution in [-0.4, -0.2) is 79.7 Å². The van der Waals surface area contributed by atoms with E-state index < -0.39 is 10.4 Å². The van der Waals surface area contributed by atoms with Gasteiger partial charge in [0.2, 0.25) is 16.1 Å². The molecule has 10 nitrogen and oxygen atoms in total. The number of hydrogen-bond donors (Lipinski definition) is 0. The molecule has 0 amide bonds. The SMILES string of the molecule is COc1cc2c(cc1OC)[C@@H](Cc1cc(OC)c(OC)c(OC)c1)[N+](C)(CCCOS(=O)(=O)[O-])CC2. The van der Waals surface area contributed by atoms with Gasteiger partial charge in [-0.05, 0) is 35.4 Å². The van der Waals surface area contributed by atoms with Crippen LogP contribution < -0.4 is 23.7 Å². The van der Waals surface area contributed by atoms with Gasteiger partial charge in [0.05, 0.1) is 62.3 Å². The van der Waals surface area contributed by atoms with E-state index in [0.29, 0.717) is 52.6 Å². The second-order valence-corrected chi connectivity index (χ2v) is 9.97. The summed E-state index contributed by atoms with van der Waals surface area (Å²) < 4.78 is 65.5. The lowest BCUT2D eigenvalue weighted by Gasteiger charge is -2.46. The van der Waals surface area contributed by atoms with Gasteiger partial charge in [-0.3, -0.25) is 4.18 Å². The van der Waals surface area contributed by atoms with Crippen LogP contribution in [0.2, 0.25) is 0 Å². The fourth-order valence-corrected chi connectivity index (χ4v) is 5.31. The maximum Gasteiger partial charge on any atom is 0.217 e. The van der Waals surface area contributed by atoms with Crippen LogP contribution in [0.25, 0.3) is 0 Å². The first-order valence-electron chi connectivity index (χ1n) is 11.6. The molecule has 1 aliphatic rings. The van der Waals surface area contributed by atoms with Crippen LogP contribution in [-0.2, 0) is 27.4 Å². The van der Waals surface area contributed by atoms with Crippen molar-refractivity contribution in [3.63, 3.8) is 0 Å². The number of rotatable bonds is 12. The molecule has 0 spiro atoms. The number of quaternary nitrogens is 1. The summed E-state index contributed by atoms with van der Waals surface area (Å²) in [4.78, 5) is 0. The Balaban J connectivity index is 2.04. The van der Waals surface area contributed by atoms with Gasteiger partial charge in [-0.1, -0.05) is 0 Å². The average Bonchev–Trinajstić information content (AvgIpc) is 2.86. The molecule has 1 aliphatic heterocycles. The first-order valence-corrected chi connectivity index (χ1v) is 12.9. The van der Waals surface area contributed by atoms with E-state index in [1.54, 1.807) is 35.5 Å². The van der Waals surface area contributed by atoms with E-state index in [-0.39, 0.29) is 12.6 Å². The van der Waals surface area contributed by atoms with Gasteiger partial charge >= 0.3 is 0 Å². The number of hydrogen-bond acceptors (Lipinski definition) is 9. The Morgan fingerprint density at radius 3 is 2.00 bits per heavy atom. The third kappa shape index (κ3) is 6.15. The molecule has 1 heterocycles. The molecule has 0 aromatic heterocycles. The topological polar surface area (TPSA) is 113 Å². The summed E-state index contributed by atoms with van der Waals surface area (Å²) in [5, 5.41) is 0. The maximum atomic E-state index is 10.9. The van der Waals surface area contributed by atoms with Gasteiger partial charge in [-0.2, -0.15) is 0 Å². The first kappa shape index (κ1) is 27.9. The van der Waals surface area contributed by atoms with Crippen LogP contribution in [0.4, 0.5) is 0 Å². The van der Waals surface area contributed by atoms with Crippen molar-refractivity contribution in [2.45, 2.75) is 25.3 Å². The summed E-state index contributed by atoms with van der Waals surface area (Å²) in [6.07, 6.45) is 1.85. The summed E-state index contributed by atoms with van der Waals surface area (Å²) in [6, 6.07) is 7.90. The molecule has 11 heteroatoms. The number of methoxy groups -OCH3 is 5. The van der Waals surface area contributed by atoms with Crippen molar-refractivity contribution in [3.05, 3.63) is 41.0 Å². The summed E-state index contributed by atoms with van der Waals surface area (Å²) in [7, 11) is 5.36. The molecule has 0 bridgehead atoms. The van der Waals surface area contributed by atoms with E-state index in [0.717, 1.165) is 24.1 Å². The highest BCUT2D eigenvalue weighted by Crippen LogP contribution is 2.44. The molecule has 0 N–H and O–H groups in total. The van der Waals surface area contributed by atoms with Crippen molar-refractivity contribution < 1.29 is 45.3 Å². The molecule has 0 saturated heterocycles. The van der Waals surface area contributed by atoms with E-state index in [9.17, 15) is 13.0 Å². The largest absolute Gasteiger partial charge is 0.726 e. The Morgan fingerprint density at radius 1 is 0.889 bits per heavy atom. The molecular formula is C25H35NO9S. The predicted molar refractivity (Wildman–Crippen MR) is 132 cm³/mol. The van der Waals surface area contributed by atoms with Gasteiger partial charge in [0.15, 0.2) is 23.0 Å². The van der Waals surface area contributed by atoms with Crippen LogP contribution in [0.3, 0.4) is 0 Å². The van der Waals surface area contributed by atoms with Crippen LogP contribution in [0, 0.1) is 0 Å². The fourth-order valence-electron chi connectivity index (χ4n) is 4.99. The molecule has 3 rings (SSSR count). The minimum Gasteiger partial charge on any atom is -0.726 e. The van der Waals surface area contributed by atoms with Crippen LogP contribution in [0.5, 0.6) is 28.7 Å². The fraction of sp³-hybridized carbons (Fsp3) is 0.520. The Hall–Kier alpha value is -2.73. The Labute approximate surface area is 213 Å². The summed E-state index contributed by atoms with van der Waals surface area (Å²) in [6.45, 7) is 1.26. The van der Waals surface area contributed by atoms with E-state index in [1.807, 2.05) is 24.3 Å². The van der Waals surface area contributed by atoms with E-state index in [2.05, 4.69) is 11.2 Å². The zero-order valence-electron chi connectivity index (χ0n) is 21.7. The molecule has 36 heavy (non-hydrogen) atoms. The minimum atomic E-state index is -4.72. The van der Waals surface area contributed by atoms with Gasteiger partial charge in [0.1, 0.15) is 6.04 Å². The molecule has 0 saturated carbocycles. The second-order valence-electron chi connectivity index (χ2n) is 8.92. The van der Waals surface area contributed by atoms with Gasteiger partial charge in [0.25, 0.3) is 0 Å². The number of ether oxygens (including phenoxy) is 5. The number of likely N-dealkylation sites (N-methyl/N-ethyl adjacent to an activating group) is 1. The summed E-state index contributed by atoms with van der Waals surface area (Å²) >= 11 is 0. The van der Waals surface area contributed by atoms with E-state index in [1.165, 1.54) is 5.56 Å². The molecule has 1 unspecified atom stereocenters. The predicted octanol–water partition coefficient (Wildman–Crippen LogP) is 2.88. The molecule has 2 aromatic rings. The lowest BCUT2D eigenvalue weighted by molar-refractivity contribution is -0.941. The average molecular weight is 526 g/mol. The van der Waals surface area contributed by atoms with Gasteiger partial charge in [-0.15, -0.1) is 0 Å². The third-order valence-corrected chi connectivity index (χ3v) is 7.30. The van der Waals surface area contributed by atoms with Crippen LogP contribution in [0.1, 0.15) is 29.2 Å². The van der Waals surface area contributed by atoms with Crippen molar-refractivity contribution in [1.82, 2.24) is 0 Å². The summed E-state index contributed by atoms with van der Waals surface area (Å²) in [5.41, 5.74) is 3.27. The highest BCUT2D eigenvalue weighted by Gasteiger charge is 2.40. The normalized spacial score (nSPS) is 19.4. The van der Waals surface area contributed by atoms with Gasteiger partial charge in [-0.25, -0.2) is 8.42 Å². The van der Waals surface area contributed by atoms with Crippen molar-refractivity contribution in [2.75, 3.05) is 62.3 Å². The number of benzene rings is 2. The highest BCUT2D eigenvalue weighted by atomic mass is 32.3. The quantitative estimate of drug-likeness (QED) is 0.179. The molecule has 2 aromatic carbocycles. The Morgan fingerprint density at radius 2 is 1.47 bits per heavy atom. The van der Waals surface area contributed by atoms with Crippen LogP contribution in [0.15, 0.2) is 24.3 Å². The van der Waals surface area contributed by atoms with Crippen molar-refractivity contribution in [3.8, 4) is 28.7 Å². The standard InChI is InChI=1S/C25H35NO9S/c1-26(9-7-11-35-36(27,28)29)10-8-18-15-21(30-2)22(31-3)16-19(18)20(26)12-17-13-23(32-4)25(34-6)24(14-17)33-5/h13-16,20H,7-12H2,1-6H3/t20-,26?/m1/s1. The lowest BCUT2D eigenvalue weighted by atomic mass is 9.86. The third-order valence-electron chi connectivity index (χ3n) is 6.84. The lowest BCUT2D eigenvalue weighted by Crippen LogP contribution is -2.52. The molecular weight excluding hydrogens is 490 g/mol. The maximum absolute atomic E-state index is 10.9. The highest BCUT2D eigenvalue weighted by molar-refractivity contribution is 7.80. The Bertz CT molecular complexity index is 1140. The zero-order valence-corrected chi connectivity index (χ0v) is 22.5. The van der Waals surface area contributed by atoms with E-state index in [4.69, 9.17) is 23.7 Å². The van der Waals surface area contributed by atoms with Crippen LogP contribution >= 0.6 is 0 Å². The van der Waals surface area contributed by atoms with Crippen molar-refractivity contribution >= 4 is 10.4 Å². The molecule has 0 fully saturated rings. The van der Waals surface area contributed by atoms with Crippen molar-refractivity contribution in [2.24, 2.45) is 0 Å². The summed E-state index contributed by atoms with van der Waals surface area (Å²) in [5.74, 6) is 2.97. The molecule has 0 radical (unpaired) electrons. The molecule has 2 atom stereocenters. The monoisotopic (exact) mass is 525 g/mol. The second kappa shape index (κ2) is 11.5. The Kier molecular flexibility index (Phi) is 8.93. The smallest absolute Gasteiger partial charge is 0.217 e. The van der Waals surface area contributed by atoms with Gasteiger partial charge < -0.3 is 32.7 Å². The van der Waals surface area contributed by atoms with E-state index >= 15 is 0 Å². The molecule has 0 aliphatic carbocycles. The van der Waals surface area contributed by atoms with Crippen molar-refractivity contribution in [1.29, 1.82) is 0 Å². The van der Waals surface area contributed by atoms with Gasteiger partial charge in [0, 0.05) is 24.8 Å². The number of nitrogens with zero attached hydrogens (tertiary/aromatic N) is 1. The minimum absolute atomic E-state index is 0.0137. The zero-order chi connectivity index (χ0) is 26.5. The molecule has 200 valence electrons. The number of fused-ring (bicyclic) bond motifs is 1. The first-order chi connectivity index (χ1) is 17.1.